The van der Waals surface area contributed by atoms with E-state index in [-0.39, 0.29) is 23.7 Å². The molecule has 5 aromatic rings. The number of carboxylic acid groups (broad SMARTS) is 1. The SMILES string of the molecule is O=C(O)c1ccc(CN2C(=O)/C(=C\c3cn(Cc4ccc([N+](=O)[O-])cc4)c4ccccc34)SC2=Nc2ccccc2)cc1. The number of para-hydroxylation sites is 2. The molecule has 1 fully saturated rings. The van der Waals surface area contributed by atoms with Crippen LogP contribution in [-0.4, -0.2) is 36.5 Å². The van der Waals surface area contributed by atoms with Gasteiger partial charge in [0.25, 0.3) is 11.6 Å². The van der Waals surface area contributed by atoms with Crippen LogP contribution in [0.1, 0.15) is 27.0 Å². The molecule has 1 aromatic heterocycles. The number of carboxylic acids is 1. The van der Waals surface area contributed by atoms with E-state index in [0.29, 0.717) is 22.3 Å². The van der Waals surface area contributed by atoms with Gasteiger partial charge < -0.3 is 9.67 Å². The topological polar surface area (TPSA) is 118 Å². The molecule has 9 nitrogen and oxygen atoms in total. The fourth-order valence-electron chi connectivity index (χ4n) is 4.86. The van der Waals surface area contributed by atoms with E-state index in [4.69, 9.17) is 4.99 Å². The second-order valence-corrected chi connectivity index (χ2v) is 10.9. The lowest BCUT2D eigenvalue weighted by molar-refractivity contribution is -0.384. The molecular formula is C33H24N4O5S. The lowest BCUT2D eigenvalue weighted by Crippen LogP contribution is -2.28. The standard InChI is InChI=1S/C33H24N4O5S/c38-31-30(18-25-21-35(29-9-5-4-8-28(25)29)19-22-12-16-27(17-13-22)37(41)42)43-33(34-26-6-2-1-3-7-26)36(31)20-23-10-14-24(15-11-23)32(39)40/h1-18,21H,19-20H2,(H,39,40)/b30-18+,34-33?. The number of hydrogen-bond acceptors (Lipinski definition) is 6. The number of nitrogens with zero attached hydrogens (tertiary/aromatic N) is 4. The Kier molecular flexibility index (Phi) is 7.59. The zero-order valence-corrected chi connectivity index (χ0v) is 23.5. The molecule has 0 unspecified atom stereocenters. The first-order chi connectivity index (χ1) is 20.9. The number of carbonyl (C=O) groups excluding carboxylic acids is 1. The molecule has 10 heteroatoms. The van der Waals surface area contributed by atoms with Crippen LogP contribution in [0, 0.1) is 10.1 Å². The number of fused-ring (bicyclic) bond motifs is 1. The Labute approximate surface area is 250 Å². The number of nitro benzene ring substituents is 1. The summed E-state index contributed by atoms with van der Waals surface area (Å²) < 4.78 is 2.06. The molecule has 0 aliphatic carbocycles. The molecule has 0 bridgehead atoms. The summed E-state index contributed by atoms with van der Waals surface area (Å²) in [6.45, 7) is 0.735. The highest BCUT2D eigenvalue weighted by atomic mass is 32.2. The van der Waals surface area contributed by atoms with Crippen molar-refractivity contribution in [2.75, 3.05) is 0 Å². The van der Waals surface area contributed by atoms with Crippen molar-refractivity contribution >= 4 is 57.2 Å². The Bertz CT molecular complexity index is 1910. The van der Waals surface area contributed by atoms with Crippen LogP contribution >= 0.6 is 11.8 Å². The van der Waals surface area contributed by atoms with E-state index >= 15 is 0 Å². The molecule has 4 aromatic carbocycles. The predicted octanol–water partition coefficient (Wildman–Crippen LogP) is 7.10. The first-order valence-electron chi connectivity index (χ1n) is 13.3. The van der Waals surface area contributed by atoms with Crippen LogP contribution in [-0.2, 0) is 17.9 Å². The van der Waals surface area contributed by atoms with Crippen LogP contribution in [0.5, 0.6) is 0 Å². The van der Waals surface area contributed by atoms with Gasteiger partial charge in [0, 0.05) is 41.3 Å². The number of thioether (sulfide) groups is 1. The number of rotatable bonds is 8. The van der Waals surface area contributed by atoms with E-state index in [1.165, 1.54) is 36.0 Å². The lowest BCUT2D eigenvalue weighted by atomic mass is 10.1. The molecule has 0 radical (unpaired) electrons. The van der Waals surface area contributed by atoms with Crippen LogP contribution in [0.15, 0.2) is 119 Å². The van der Waals surface area contributed by atoms with Gasteiger partial charge in [-0.2, -0.15) is 0 Å². The fraction of sp³-hybridized carbons (Fsp3) is 0.0606. The minimum Gasteiger partial charge on any atom is -0.478 e. The molecule has 0 atom stereocenters. The van der Waals surface area contributed by atoms with E-state index in [1.807, 2.05) is 66.9 Å². The van der Waals surface area contributed by atoms with Crippen molar-refractivity contribution in [1.29, 1.82) is 0 Å². The smallest absolute Gasteiger partial charge is 0.335 e. The highest BCUT2D eigenvalue weighted by molar-refractivity contribution is 8.18. The Morgan fingerprint density at radius 3 is 2.23 bits per heavy atom. The van der Waals surface area contributed by atoms with Crippen molar-refractivity contribution in [2.24, 2.45) is 4.99 Å². The lowest BCUT2D eigenvalue weighted by Gasteiger charge is -2.16. The van der Waals surface area contributed by atoms with Crippen molar-refractivity contribution in [3.8, 4) is 0 Å². The predicted molar refractivity (Wildman–Crippen MR) is 167 cm³/mol. The number of aliphatic imine (C=N–C) groups is 1. The van der Waals surface area contributed by atoms with Crippen LogP contribution in [0.25, 0.3) is 17.0 Å². The summed E-state index contributed by atoms with van der Waals surface area (Å²) in [6, 6.07) is 30.2. The van der Waals surface area contributed by atoms with E-state index < -0.39 is 10.9 Å². The molecule has 1 amide bonds. The Balaban J connectivity index is 1.35. The average molecular weight is 589 g/mol. The number of amidine groups is 1. The molecule has 0 spiro atoms. The van der Waals surface area contributed by atoms with Gasteiger partial charge in [0.15, 0.2) is 5.17 Å². The van der Waals surface area contributed by atoms with Crippen molar-refractivity contribution in [3.63, 3.8) is 0 Å². The van der Waals surface area contributed by atoms with Gasteiger partial charge in [-0.15, -0.1) is 0 Å². The summed E-state index contributed by atoms with van der Waals surface area (Å²) in [5, 5.41) is 21.8. The second kappa shape index (κ2) is 11.8. The number of amides is 1. The number of hydrogen-bond donors (Lipinski definition) is 1. The maximum Gasteiger partial charge on any atom is 0.335 e. The Hall–Kier alpha value is -5.48. The molecular weight excluding hydrogens is 564 g/mol. The van der Waals surface area contributed by atoms with E-state index in [0.717, 1.165) is 27.6 Å². The van der Waals surface area contributed by atoms with E-state index in [2.05, 4.69) is 4.57 Å². The molecule has 43 heavy (non-hydrogen) atoms. The van der Waals surface area contributed by atoms with Gasteiger partial charge >= 0.3 is 5.97 Å². The van der Waals surface area contributed by atoms with Gasteiger partial charge in [-0.25, -0.2) is 9.79 Å². The minimum absolute atomic E-state index is 0.0404. The quantitative estimate of drug-likeness (QED) is 0.117. The second-order valence-electron chi connectivity index (χ2n) is 9.89. The van der Waals surface area contributed by atoms with Crippen LogP contribution in [0.4, 0.5) is 11.4 Å². The van der Waals surface area contributed by atoms with Crippen molar-refractivity contribution in [3.05, 3.63) is 147 Å². The number of non-ortho nitro benzene ring substituents is 1. The first-order valence-corrected chi connectivity index (χ1v) is 14.2. The highest BCUT2D eigenvalue weighted by Crippen LogP contribution is 2.36. The van der Waals surface area contributed by atoms with Gasteiger partial charge in [-0.1, -0.05) is 60.7 Å². The molecule has 1 aliphatic rings. The van der Waals surface area contributed by atoms with Gasteiger partial charge in [-0.05, 0) is 59.3 Å². The maximum atomic E-state index is 13.8. The summed E-state index contributed by atoms with van der Waals surface area (Å²) >= 11 is 1.29. The number of aromatic nitrogens is 1. The van der Waals surface area contributed by atoms with Crippen molar-refractivity contribution in [1.82, 2.24) is 9.47 Å². The van der Waals surface area contributed by atoms with Crippen LogP contribution < -0.4 is 0 Å². The van der Waals surface area contributed by atoms with E-state index in [9.17, 15) is 24.8 Å². The molecule has 212 valence electrons. The van der Waals surface area contributed by atoms with Gasteiger partial charge in [0.05, 0.1) is 27.6 Å². The first kappa shape index (κ1) is 27.7. The largest absolute Gasteiger partial charge is 0.478 e. The van der Waals surface area contributed by atoms with Gasteiger partial charge in [0.1, 0.15) is 0 Å². The minimum atomic E-state index is -1.01. The summed E-state index contributed by atoms with van der Waals surface area (Å²) in [7, 11) is 0. The molecule has 1 N–H and O–H groups in total. The molecule has 6 rings (SSSR count). The molecule has 1 saturated heterocycles. The monoisotopic (exact) mass is 588 g/mol. The van der Waals surface area contributed by atoms with Crippen molar-refractivity contribution < 1.29 is 19.6 Å². The third kappa shape index (κ3) is 5.95. The Morgan fingerprint density at radius 2 is 1.53 bits per heavy atom. The number of aromatic carboxylic acids is 1. The van der Waals surface area contributed by atoms with Crippen molar-refractivity contribution in [2.45, 2.75) is 13.1 Å². The van der Waals surface area contributed by atoms with Gasteiger partial charge in [-0.3, -0.25) is 19.8 Å². The summed E-state index contributed by atoms with van der Waals surface area (Å²) in [4.78, 5) is 42.6. The van der Waals surface area contributed by atoms with E-state index in [1.54, 1.807) is 29.2 Å². The highest BCUT2D eigenvalue weighted by Gasteiger charge is 2.34. The summed E-state index contributed by atoms with van der Waals surface area (Å²) in [6.07, 6.45) is 3.85. The average Bonchev–Trinajstić information content (AvgIpc) is 3.50. The summed E-state index contributed by atoms with van der Waals surface area (Å²) in [5.74, 6) is -1.21. The maximum absolute atomic E-state index is 13.8. The Morgan fingerprint density at radius 1 is 0.884 bits per heavy atom. The number of carbonyl (C=O) groups is 2. The normalized spacial score (nSPS) is 15.1. The number of nitro groups is 1. The molecule has 1 aliphatic heterocycles. The van der Waals surface area contributed by atoms with Gasteiger partial charge in [0.2, 0.25) is 0 Å². The zero-order valence-electron chi connectivity index (χ0n) is 22.7. The number of benzene rings is 4. The molecule has 0 saturated carbocycles. The summed E-state index contributed by atoms with van der Waals surface area (Å²) in [5.41, 5.74) is 4.45. The molecule has 2 heterocycles. The fourth-order valence-corrected chi connectivity index (χ4v) is 5.85. The zero-order chi connectivity index (χ0) is 29.9. The van der Waals surface area contributed by atoms with Crippen LogP contribution in [0.3, 0.4) is 0 Å². The van der Waals surface area contributed by atoms with Crippen LogP contribution in [0.2, 0.25) is 0 Å². The third-order valence-corrected chi connectivity index (χ3v) is 8.02. The third-order valence-electron chi connectivity index (χ3n) is 7.02.